The van der Waals surface area contributed by atoms with E-state index in [2.05, 4.69) is 15.3 Å². The molecule has 1 amide bonds. The number of fused-ring (bicyclic) bond motifs is 1. The molecule has 3 heterocycles. The second-order valence-corrected chi connectivity index (χ2v) is 9.70. The van der Waals surface area contributed by atoms with E-state index in [4.69, 9.17) is 4.74 Å². The van der Waals surface area contributed by atoms with Crippen LogP contribution in [0, 0.1) is 11.7 Å². The van der Waals surface area contributed by atoms with Crippen LogP contribution in [-0.4, -0.2) is 46.1 Å². The summed E-state index contributed by atoms with van der Waals surface area (Å²) in [4.78, 5) is 23.0. The van der Waals surface area contributed by atoms with E-state index in [1.54, 1.807) is 24.0 Å². The SMILES string of the molecule is COc1nc(C2(O)CCN(C(=O)C(C)C)CC2)cc2c(N[C@H](C)c3cccc(C(F)F)c3F)ccnc12. The number of pyridine rings is 2. The van der Waals surface area contributed by atoms with E-state index in [1.165, 1.54) is 25.4 Å². The summed E-state index contributed by atoms with van der Waals surface area (Å²) < 4.78 is 46.7. The van der Waals surface area contributed by atoms with E-state index in [9.17, 15) is 23.1 Å². The van der Waals surface area contributed by atoms with E-state index in [-0.39, 0.29) is 23.3 Å². The van der Waals surface area contributed by atoms with Gasteiger partial charge in [-0.2, -0.15) is 0 Å². The third-order valence-corrected chi connectivity index (χ3v) is 6.89. The van der Waals surface area contributed by atoms with Crippen LogP contribution in [0.5, 0.6) is 5.88 Å². The lowest BCUT2D eigenvalue weighted by molar-refractivity contribution is -0.139. The van der Waals surface area contributed by atoms with Gasteiger partial charge >= 0.3 is 0 Å². The highest BCUT2D eigenvalue weighted by Gasteiger charge is 2.38. The fourth-order valence-electron chi connectivity index (χ4n) is 4.73. The second kappa shape index (κ2) is 10.5. The number of hydrogen-bond acceptors (Lipinski definition) is 6. The number of carbonyl (C=O) groups is 1. The van der Waals surface area contributed by atoms with Gasteiger partial charge < -0.3 is 20.1 Å². The minimum absolute atomic E-state index is 0.0407. The van der Waals surface area contributed by atoms with Crippen LogP contribution in [-0.2, 0) is 10.4 Å². The predicted molar refractivity (Wildman–Crippen MR) is 134 cm³/mol. The monoisotopic (exact) mass is 516 g/mol. The molecule has 1 aliphatic heterocycles. The lowest BCUT2D eigenvalue weighted by Crippen LogP contribution is -2.46. The van der Waals surface area contributed by atoms with Gasteiger partial charge in [0.25, 0.3) is 6.43 Å². The predicted octanol–water partition coefficient (Wildman–Crippen LogP) is 5.35. The molecule has 3 aromatic rings. The summed E-state index contributed by atoms with van der Waals surface area (Å²) in [7, 11) is 1.45. The van der Waals surface area contributed by atoms with Crippen molar-refractivity contribution in [1.82, 2.24) is 14.9 Å². The van der Waals surface area contributed by atoms with E-state index in [0.29, 0.717) is 48.2 Å². The normalized spacial score (nSPS) is 16.3. The summed E-state index contributed by atoms with van der Waals surface area (Å²) >= 11 is 0. The Balaban J connectivity index is 1.69. The van der Waals surface area contributed by atoms with Crippen LogP contribution in [0.1, 0.15) is 62.9 Å². The zero-order chi connectivity index (χ0) is 26.9. The van der Waals surface area contributed by atoms with Crippen molar-refractivity contribution in [3.05, 3.63) is 59.2 Å². The topological polar surface area (TPSA) is 87.6 Å². The number of ether oxygens (including phenoxy) is 1. The van der Waals surface area contributed by atoms with E-state index >= 15 is 0 Å². The molecular weight excluding hydrogens is 485 g/mol. The van der Waals surface area contributed by atoms with Crippen LogP contribution < -0.4 is 10.1 Å². The molecule has 0 radical (unpaired) electrons. The van der Waals surface area contributed by atoms with Gasteiger partial charge in [0.2, 0.25) is 11.8 Å². The number of anilines is 1. The number of piperidine rings is 1. The molecule has 0 saturated carbocycles. The Bertz CT molecular complexity index is 1290. The van der Waals surface area contributed by atoms with Gasteiger partial charge in [-0.1, -0.05) is 32.0 Å². The number of benzene rings is 1. The minimum Gasteiger partial charge on any atom is -0.479 e. The largest absolute Gasteiger partial charge is 0.479 e. The number of aromatic nitrogens is 2. The second-order valence-electron chi connectivity index (χ2n) is 9.70. The Morgan fingerprint density at radius 3 is 2.46 bits per heavy atom. The molecule has 1 atom stereocenters. The lowest BCUT2D eigenvalue weighted by Gasteiger charge is -2.38. The molecule has 0 spiro atoms. The molecule has 1 saturated heterocycles. The van der Waals surface area contributed by atoms with Gasteiger partial charge in [-0.25, -0.2) is 18.2 Å². The third-order valence-electron chi connectivity index (χ3n) is 6.89. The fourth-order valence-corrected chi connectivity index (χ4v) is 4.73. The quantitative estimate of drug-likeness (QED) is 0.440. The summed E-state index contributed by atoms with van der Waals surface area (Å²) in [5, 5.41) is 15.3. The highest BCUT2D eigenvalue weighted by atomic mass is 19.3. The number of hydrogen-bond donors (Lipinski definition) is 2. The number of rotatable bonds is 7. The van der Waals surface area contributed by atoms with Gasteiger partial charge in [-0.15, -0.1) is 0 Å². The molecule has 0 bridgehead atoms. The van der Waals surface area contributed by atoms with Crippen molar-refractivity contribution in [2.75, 3.05) is 25.5 Å². The van der Waals surface area contributed by atoms with Crippen LogP contribution >= 0.6 is 0 Å². The van der Waals surface area contributed by atoms with Crippen molar-refractivity contribution in [3.63, 3.8) is 0 Å². The average molecular weight is 517 g/mol. The molecule has 2 aromatic heterocycles. The van der Waals surface area contributed by atoms with Gasteiger partial charge in [0.05, 0.1) is 24.4 Å². The smallest absolute Gasteiger partial charge is 0.266 e. The number of amides is 1. The zero-order valence-electron chi connectivity index (χ0n) is 21.3. The van der Waals surface area contributed by atoms with Crippen molar-refractivity contribution in [2.45, 2.75) is 51.7 Å². The number of aliphatic hydroxyl groups is 1. The summed E-state index contributed by atoms with van der Waals surface area (Å²) in [6, 6.07) is 6.68. The maximum absolute atomic E-state index is 14.8. The number of nitrogens with one attached hydrogen (secondary N) is 1. The summed E-state index contributed by atoms with van der Waals surface area (Å²) in [5.41, 5.74) is -0.471. The first-order chi connectivity index (χ1) is 17.6. The number of halogens is 3. The standard InChI is InChI=1S/C27H31F3N4O3/c1-15(2)26(35)34-12-9-27(36,10-13-34)21-14-19-20(8-11-31-23(19)25(33-21)37-4)32-16(3)17-6-5-7-18(22(17)28)24(29)30/h5-8,11,14-16,24,36H,9-10,12-13H2,1-4H3,(H,31,32)/t16-/m1/s1. The van der Waals surface area contributed by atoms with Crippen molar-refractivity contribution in [3.8, 4) is 5.88 Å². The molecule has 1 fully saturated rings. The number of nitrogens with zero attached hydrogens (tertiary/aromatic N) is 3. The fraction of sp³-hybridized carbons (Fsp3) is 0.444. The molecule has 1 aliphatic rings. The van der Waals surface area contributed by atoms with Gasteiger partial charge in [-0.05, 0) is 31.9 Å². The molecule has 198 valence electrons. The van der Waals surface area contributed by atoms with Crippen LogP contribution in [0.2, 0.25) is 0 Å². The third kappa shape index (κ3) is 5.20. The van der Waals surface area contributed by atoms with Gasteiger partial charge in [0.1, 0.15) is 16.9 Å². The Hall–Kier alpha value is -3.40. The van der Waals surface area contributed by atoms with E-state index in [1.807, 2.05) is 13.8 Å². The van der Waals surface area contributed by atoms with E-state index in [0.717, 1.165) is 6.07 Å². The highest BCUT2D eigenvalue weighted by molar-refractivity contribution is 5.94. The molecule has 7 nitrogen and oxygen atoms in total. The number of alkyl halides is 2. The first kappa shape index (κ1) is 26.7. The zero-order valence-corrected chi connectivity index (χ0v) is 21.3. The maximum atomic E-state index is 14.8. The molecule has 0 unspecified atom stereocenters. The minimum atomic E-state index is -2.92. The number of methoxy groups -OCH3 is 1. The van der Waals surface area contributed by atoms with Crippen molar-refractivity contribution in [1.29, 1.82) is 0 Å². The molecule has 10 heteroatoms. The van der Waals surface area contributed by atoms with Crippen LogP contribution in [0.15, 0.2) is 36.5 Å². The van der Waals surface area contributed by atoms with Gasteiger partial charge in [0.15, 0.2) is 0 Å². The molecule has 2 N–H and O–H groups in total. The van der Waals surface area contributed by atoms with Gasteiger partial charge in [0, 0.05) is 41.8 Å². The average Bonchev–Trinajstić information content (AvgIpc) is 2.88. The maximum Gasteiger partial charge on any atom is 0.266 e. The molecule has 0 aliphatic carbocycles. The van der Waals surface area contributed by atoms with Crippen LogP contribution in [0.25, 0.3) is 10.9 Å². The Morgan fingerprint density at radius 1 is 1.16 bits per heavy atom. The van der Waals surface area contributed by atoms with Crippen LogP contribution in [0.3, 0.4) is 0 Å². The summed E-state index contributed by atoms with van der Waals surface area (Å²) in [6.45, 7) is 6.15. The Kier molecular flexibility index (Phi) is 7.59. The summed E-state index contributed by atoms with van der Waals surface area (Å²) in [6.07, 6.45) is -0.774. The molecule has 4 rings (SSSR count). The first-order valence-corrected chi connectivity index (χ1v) is 12.2. The highest BCUT2D eigenvalue weighted by Crippen LogP contribution is 2.38. The van der Waals surface area contributed by atoms with Crippen molar-refractivity contribution >= 4 is 22.5 Å². The lowest BCUT2D eigenvalue weighted by atomic mass is 9.86. The van der Waals surface area contributed by atoms with Crippen LogP contribution in [0.4, 0.5) is 18.9 Å². The van der Waals surface area contributed by atoms with Crippen molar-refractivity contribution in [2.24, 2.45) is 5.92 Å². The number of likely N-dealkylation sites (tertiary alicyclic amines) is 1. The Morgan fingerprint density at radius 2 is 1.84 bits per heavy atom. The molecule has 1 aromatic carbocycles. The van der Waals surface area contributed by atoms with Crippen molar-refractivity contribution < 1.29 is 27.8 Å². The summed E-state index contributed by atoms with van der Waals surface area (Å²) in [5.74, 6) is -0.825. The van der Waals surface area contributed by atoms with E-state index < -0.39 is 29.4 Å². The first-order valence-electron chi connectivity index (χ1n) is 12.2. The number of carbonyl (C=O) groups excluding carboxylic acids is 1. The Labute approximate surface area is 213 Å². The van der Waals surface area contributed by atoms with Gasteiger partial charge in [-0.3, -0.25) is 9.78 Å². The molecule has 37 heavy (non-hydrogen) atoms. The molecular formula is C27H31F3N4O3.